The normalized spacial score (nSPS) is 10.1. The minimum Gasteiger partial charge on any atom is -0.215 e. The van der Waals surface area contributed by atoms with Crippen LogP contribution in [0.4, 0.5) is 4.39 Å². The maximum atomic E-state index is 13.3. The third kappa shape index (κ3) is 1.70. The lowest BCUT2D eigenvalue weighted by Crippen LogP contribution is -1.92. The fourth-order valence-corrected chi connectivity index (χ4v) is 1.22. The Morgan fingerprint density at radius 1 is 1.21 bits per heavy atom. The maximum Gasteiger partial charge on any atom is 0.243 e. The van der Waals surface area contributed by atoms with Gasteiger partial charge in [-0.3, -0.25) is 0 Å². The summed E-state index contributed by atoms with van der Waals surface area (Å²) in [7, 11) is 0. The van der Waals surface area contributed by atoms with E-state index in [0.29, 0.717) is 11.3 Å². The first kappa shape index (κ1) is 9.02. The van der Waals surface area contributed by atoms with Crippen LogP contribution in [-0.2, 0) is 0 Å². The van der Waals surface area contributed by atoms with Crippen molar-refractivity contribution in [2.24, 2.45) is 0 Å². The number of rotatable bonds is 1. The van der Waals surface area contributed by atoms with Gasteiger partial charge in [-0.05, 0) is 23.7 Å². The summed E-state index contributed by atoms with van der Waals surface area (Å²) in [6.45, 7) is 0. The second-order valence-corrected chi connectivity index (χ2v) is 2.93. The molecule has 0 aliphatic carbocycles. The molecule has 2 aromatic rings. The van der Waals surface area contributed by atoms with Gasteiger partial charge in [0.2, 0.25) is 5.28 Å². The summed E-state index contributed by atoms with van der Waals surface area (Å²) in [6, 6.07) is 6.28. The maximum absolute atomic E-state index is 13.3. The van der Waals surface area contributed by atoms with E-state index in [9.17, 15) is 4.39 Å². The Morgan fingerprint density at radius 3 is 2.71 bits per heavy atom. The van der Waals surface area contributed by atoms with Crippen LogP contribution in [0.15, 0.2) is 30.5 Å². The number of benzene rings is 1. The van der Waals surface area contributed by atoms with Crippen LogP contribution >= 0.6 is 11.6 Å². The SMILES string of the molecule is Fc1ccccc1-c1cnnc(Cl)n1. The van der Waals surface area contributed by atoms with Crippen molar-refractivity contribution in [2.75, 3.05) is 0 Å². The standard InChI is InChI=1S/C9H5ClFN3/c10-9-13-8(5-12-14-9)6-3-1-2-4-7(6)11/h1-5H. The smallest absolute Gasteiger partial charge is 0.215 e. The highest BCUT2D eigenvalue weighted by Crippen LogP contribution is 2.19. The molecule has 70 valence electrons. The second kappa shape index (κ2) is 3.67. The molecule has 3 nitrogen and oxygen atoms in total. The summed E-state index contributed by atoms with van der Waals surface area (Å²) < 4.78 is 13.3. The number of aromatic nitrogens is 3. The van der Waals surface area contributed by atoms with Crippen LogP contribution in [0.3, 0.4) is 0 Å². The van der Waals surface area contributed by atoms with Crippen LogP contribution in [0.5, 0.6) is 0 Å². The molecule has 0 atom stereocenters. The molecule has 0 aliphatic rings. The van der Waals surface area contributed by atoms with E-state index in [1.807, 2.05) is 0 Å². The molecule has 0 radical (unpaired) electrons. The van der Waals surface area contributed by atoms with Crippen molar-refractivity contribution >= 4 is 11.6 Å². The predicted octanol–water partition coefficient (Wildman–Crippen LogP) is 2.33. The molecule has 1 aromatic carbocycles. The molecule has 0 amide bonds. The Kier molecular flexibility index (Phi) is 2.37. The quantitative estimate of drug-likeness (QED) is 0.724. The van der Waals surface area contributed by atoms with Gasteiger partial charge in [0.05, 0.1) is 11.9 Å². The molecule has 0 unspecified atom stereocenters. The Hall–Kier alpha value is -1.55. The molecule has 0 fully saturated rings. The van der Waals surface area contributed by atoms with Crippen molar-refractivity contribution < 1.29 is 4.39 Å². The lowest BCUT2D eigenvalue weighted by atomic mass is 10.1. The monoisotopic (exact) mass is 209 g/mol. The highest BCUT2D eigenvalue weighted by Gasteiger charge is 2.06. The first-order valence-electron chi connectivity index (χ1n) is 3.87. The summed E-state index contributed by atoms with van der Waals surface area (Å²) >= 11 is 5.54. The van der Waals surface area contributed by atoms with E-state index in [-0.39, 0.29) is 11.1 Å². The molecule has 1 heterocycles. The molecular formula is C9H5ClFN3. The van der Waals surface area contributed by atoms with Gasteiger partial charge in [-0.25, -0.2) is 9.37 Å². The molecule has 0 N–H and O–H groups in total. The molecule has 0 bridgehead atoms. The van der Waals surface area contributed by atoms with Gasteiger partial charge in [0.15, 0.2) is 0 Å². The minimum absolute atomic E-state index is 0.00533. The molecule has 1 aromatic heterocycles. The van der Waals surface area contributed by atoms with E-state index in [1.165, 1.54) is 12.3 Å². The van der Waals surface area contributed by atoms with Gasteiger partial charge in [0.1, 0.15) is 5.82 Å². The average molecular weight is 210 g/mol. The molecular weight excluding hydrogens is 205 g/mol. The van der Waals surface area contributed by atoms with Crippen LogP contribution < -0.4 is 0 Å². The first-order valence-corrected chi connectivity index (χ1v) is 4.25. The highest BCUT2D eigenvalue weighted by molar-refractivity contribution is 6.28. The van der Waals surface area contributed by atoms with Crippen molar-refractivity contribution in [1.82, 2.24) is 15.2 Å². The van der Waals surface area contributed by atoms with Gasteiger partial charge in [-0.1, -0.05) is 12.1 Å². The fraction of sp³-hybridized carbons (Fsp3) is 0. The Balaban J connectivity index is 2.55. The highest BCUT2D eigenvalue weighted by atomic mass is 35.5. The van der Waals surface area contributed by atoms with E-state index in [2.05, 4.69) is 15.2 Å². The van der Waals surface area contributed by atoms with Gasteiger partial charge < -0.3 is 0 Å². The summed E-state index contributed by atoms with van der Waals surface area (Å²) in [6.07, 6.45) is 1.37. The Bertz CT molecular complexity index is 461. The minimum atomic E-state index is -0.357. The van der Waals surface area contributed by atoms with E-state index in [0.717, 1.165) is 0 Å². The van der Waals surface area contributed by atoms with Crippen LogP contribution in [0, 0.1) is 5.82 Å². The molecule has 0 aliphatic heterocycles. The third-order valence-electron chi connectivity index (χ3n) is 1.68. The van der Waals surface area contributed by atoms with Crippen LogP contribution in [0.2, 0.25) is 5.28 Å². The molecule has 2 rings (SSSR count). The van der Waals surface area contributed by atoms with E-state index in [4.69, 9.17) is 11.6 Å². The van der Waals surface area contributed by atoms with Gasteiger partial charge in [-0.15, -0.1) is 5.10 Å². The molecule has 0 saturated heterocycles. The summed E-state index contributed by atoms with van der Waals surface area (Å²) in [4.78, 5) is 3.86. The van der Waals surface area contributed by atoms with Gasteiger partial charge >= 0.3 is 0 Å². The zero-order chi connectivity index (χ0) is 9.97. The van der Waals surface area contributed by atoms with Crippen LogP contribution in [0.25, 0.3) is 11.3 Å². The number of hydrogen-bond acceptors (Lipinski definition) is 3. The van der Waals surface area contributed by atoms with E-state index >= 15 is 0 Å². The second-order valence-electron chi connectivity index (χ2n) is 2.59. The largest absolute Gasteiger partial charge is 0.243 e. The zero-order valence-corrected chi connectivity index (χ0v) is 7.74. The number of halogens is 2. The van der Waals surface area contributed by atoms with Crippen molar-refractivity contribution in [1.29, 1.82) is 0 Å². The third-order valence-corrected chi connectivity index (χ3v) is 1.84. The zero-order valence-electron chi connectivity index (χ0n) is 6.98. The number of hydrogen-bond donors (Lipinski definition) is 0. The van der Waals surface area contributed by atoms with Crippen molar-refractivity contribution in [3.05, 3.63) is 41.6 Å². The topological polar surface area (TPSA) is 38.7 Å². The van der Waals surface area contributed by atoms with E-state index < -0.39 is 0 Å². The molecule has 14 heavy (non-hydrogen) atoms. The Morgan fingerprint density at radius 2 is 2.00 bits per heavy atom. The molecule has 0 saturated carbocycles. The van der Waals surface area contributed by atoms with Crippen LogP contribution in [0.1, 0.15) is 0 Å². The van der Waals surface area contributed by atoms with Crippen molar-refractivity contribution in [2.45, 2.75) is 0 Å². The number of nitrogens with zero attached hydrogens (tertiary/aromatic N) is 3. The van der Waals surface area contributed by atoms with Gasteiger partial charge in [0, 0.05) is 5.56 Å². The average Bonchev–Trinajstić information content (AvgIpc) is 2.18. The molecule has 5 heteroatoms. The Labute approximate surface area is 84.6 Å². The lowest BCUT2D eigenvalue weighted by molar-refractivity contribution is 0.630. The first-order chi connectivity index (χ1) is 6.77. The van der Waals surface area contributed by atoms with Crippen molar-refractivity contribution in [3.8, 4) is 11.3 Å². The predicted molar refractivity (Wildman–Crippen MR) is 50.2 cm³/mol. The molecule has 0 spiro atoms. The lowest BCUT2D eigenvalue weighted by Gasteiger charge is -2.00. The van der Waals surface area contributed by atoms with Crippen molar-refractivity contribution in [3.63, 3.8) is 0 Å². The fourth-order valence-electron chi connectivity index (χ4n) is 1.08. The summed E-state index contributed by atoms with van der Waals surface area (Å²) in [5, 5.41) is 7.07. The van der Waals surface area contributed by atoms with Crippen LogP contribution in [-0.4, -0.2) is 15.2 Å². The summed E-state index contributed by atoms with van der Waals surface area (Å²) in [5.41, 5.74) is 0.743. The van der Waals surface area contributed by atoms with Gasteiger partial charge in [-0.2, -0.15) is 5.10 Å². The van der Waals surface area contributed by atoms with Gasteiger partial charge in [0.25, 0.3) is 0 Å². The summed E-state index contributed by atoms with van der Waals surface area (Å²) in [5.74, 6) is -0.357. The van der Waals surface area contributed by atoms with E-state index in [1.54, 1.807) is 18.2 Å².